The molecule has 0 bridgehead atoms. The van der Waals surface area contributed by atoms with Gasteiger partial charge in [0.25, 0.3) is 0 Å². The highest BCUT2D eigenvalue weighted by Gasteiger charge is 2.29. The molecule has 0 aromatic heterocycles. The van der Waals surface area contributed by atoms with Crippen LogP contribution in [0.4, 0.5) is 4.39 Å². The highest BCUT2D eigenvalue weighted by molar-refractivity contribution is 5.21. The standard InChI is InChI=1S/C11H15F/c1-9(2)11(3,12)10-7-5-4-6-8-10/h4-9H,1-3H3/t11-/m0/s1/i1D3,9D/t9?,11-. The monoisotopic (exact) mass is 170 g/mol. The molecule has 1 rings (SSSR count). The van der Waals surface area contributed by atoms with E-state index in [0.29, 0.717) is 0 Å². The molecule has 1 unspecified atom stereocenters. The SMILES string of the molecule is [2H]C([2H])([2H])C([2H])(C)[C@](C)(F)c1ccccc1. The zero-order chi connectivity index (χ0) is 12.6. The van der Waals surface area contributed by atoms with Crippen molar-refractivity contribution >= 4 is 0 Å². The second-order valence-electron chi connectivity index (χ2n) is 2.99. The minimum Gasteiger partial charge on any atom is -0.239 e. The van der Waals surface area contributed by atoms with E-state index in [1.54, 1.807) is 18.2 Å². The van der Waals surface area contributed by atoms with Crippen LogP contribution in [0.15, 0.2) is 30.3 Å². The van der Waals surface area contributed by atoms with Crippen LogP contribution >= 0.6 is 0 Å². The molecule has 0 nitrogen and oxygen atoms in total. The summed E-state index contributed by atoms with van der Waals surface area (Å²) in [5.41, 5.74) is -2.01. The van der Waals surface area contributed by atoms with Gasteiger partial charge in [-0.1, -0.05) is 44.1 Å². The van der Waals surface area contributed by atoms with Gasteiger partial charge in [-0.2, -0.15) is 0 Å². The van der Waals surface area contributed by atoms with E-state index in [1.807, 2.05) is 0 Å². The molecule has 0 saturated carbocycles. The molecular formula is C11H15F. The fourth-order valence-corrected chi connectivity index (χ4v) is 0.968. The zero-order valence-electron chi connectivity index (χ0n) is 11.3. The lowest BCUT2D eigenvalue weighted by Crippen LogP contribution is -2.22. The number of hydrogen-bond donors (Lipinski definition) is 0. The first-order chi connectivity index (χ1) is 7.11. The Hall–Kier alpha value is -0.850. The van der Waals surface area contributed by atoms with Crippen molar-refractivity contribution in [3.63, 3.8) is 0 Å². The highest BCUT2D eigenvalue weighted by atomic mass is 19.1. The van der Waals surface area contributed by atoms with Crippen LogP contribution in [0.5, 0.6) is 0 Å². The Bertz CT molecular complexity index is 354. The van der Waals surface area contributed by atoms with Gasteiger partial charge in [-0.3, -0.25) is 0 Å². The molecule has 1 aromatic rings. The first-order valence-corrected chi connectivity index (χ1v) is 3.85. The summed E-state index contributed by atoms with van der Waals surface area (Å²) in [6, 6.07) is 7.97. The molecule has 0 amide bonds. The second-order valence-corrected chi connectivity index (χ2v) is 2.99. The Balaban J connectivity index is 3.22. The Kier molecular flexibility index (Phi) is 1.36. The largest absolute Gasteiger partial charge is 0.239 e. The van der Waals surface area contributed by atoms with Crippen molar-refractivity contribution in [1.29, 1.82) is 0 Å². The second kappa shape index (κ2) is 3.26. The van der Waals surface area contributed by atoms with Gasteiger partial charge in [-0.05, 0) is 18.4 Å². The molecule has 66 valence electrons. The van der Waals surface area contributed by atoms with Crippen molar-refractivity contribution in [2.24, 2.45) is 5.89 Å². The fraction of sp³-hybridized carbons (Fsp3) is 0.455. The molecule has 1 heteroatoms. The topological polar surface area (TPSA) is 0 Å². The van der Waals surface area contributed by atoms with Gasteiger partial charge >= 0.3 is 0 Å². The normalized spacial score (nSPS) is 26.9. The van der Waals surface area contributed by atoms with Crippen molar-refractivity contribution in [2.45, 2.75) is 26.4 Å². The molecule has 0 radical (unpaired) electrons. The summed E-state index contributed by atoms with van der Waals surface area (Å²) >= 11 is 0. The van der Waals surface area contributed by atoms with Gasteiger partial charge in [0, 0.05) is 5.48 Å². The highest BCUT2D eigenvalue weighted by Crippen LogP contribution is 2.32. The quantitative estimate of drug-likeness (QED) is 0.637. The predicted molar refractivity (Wildman–Crippen MR) is 49.7 cm³/mol. The molecule has 0 N–H and O–H groups in total. The van der Waals surface area contributed by atoms with Gasteiger partial charge in [-0.25, -0.2) is 4.39 Å². The van der Waals surface area contributed by atoms with Gasteiger partial charge in [0.2, 0.25) is 0 Å². The predicted octanol–water partition coefficient (Wildman–Crippen LogP) is 3.53. The Labute approximate surface area is 79.0 Å². The van der Waals surface area contributed by atoms with Crippen molar-refractivity contribution in [1.82, 2.24) is 0 Å². The van der Waals surface area contributed by atoms with Crippen LogP contribution in [-0.4, -0.2) is 0 Å². The Morgan fingerprint density at radius 3 is 2.58 bits per heavy atom. The van der Waals surface area contributed by atoms with Crippen LogP contribution in [0.3, 0.4) is 0 Å². The van der Waals surface area contributed by atoms with E-state index in [0.717, 1.165) is 13.8 Å². The maximum atomic E-state index is 14.5. The van der Waals surface area contributed by atoms with Crippen LogP contribution in [0, 0.1) is 5.89 Å². The molecule has 0 aliphatic carbocycles. The molecule has 0 spiro atoms. The molecule has 12 heavy (non-hydrogen) atoms. The van der Waals surface area contributed by atoms with Crippen molar-refractivity contribution in [2.75, 3.05) is 0 Å². The number of alkyl halides is 1. The summed E-state index contributed by atoms with van der Waals surface area (Å²) in [5.74, 6) is -2.18. The maximum Gasteiger partial charge on any atom is 0.135 e. The van der Waals surface area contributed by atoms with E-state index >= 15 is 0 Å². The maximum absolute atomic E-state index is 14.5. The summed E-state index contributed by atoms with van der Waals surface area (Å²) in [6.45, 7) is -0.430. The number of hydrogen-bond acceptors (Lipinski definition) is 0. The Morgan fingerprint density at radius 1 is 1.50 bits per heavy atom. The van der Waals surface area contributed by atoms with E-state index in [1.165, 1.54) is 12.1 Å². The van der Waals surface area contributed by atoms with Crippen LogP contribution in [0.1, 0.15) is 31.7 Å². The molecule has 0 aliphatic rings. The first kappa shape index (κ1) is 5.00. The van der Waals surface area contributed by atoms with Crippen molar-refractivity contribution in [3.05, 3.63) is 35.9 Å². The molecule has 0 aliphatic heterocycles. The molecule has 1 aromatic carbocycles. The van der Waals surface area contributed by atoms with Gasteiger partial charge in [0.1, 0.15) is 5.67 Å². The third kappa shape index (κ3) is 1.66. The van der Waals surface area contributed by atoms with Crippen LogP contribution in [-0.2, 0) is 5.67 Å². The zero-order valence-corrected chi connectivity index (χ0v) is 7.26. The fourth-order valence-electron chi connectivity index (χ4n) is 0.968. The molecule has 0 saturated heterocycles. The van der Waals surface area contributed by atoms with Gasteiger partial charge in [0.15, 0.2) is 0 Å². The molecule has 2 atom stereocenters. The minimum absolute atomic E-state index is 0.212. The van der Waals surface area contributed by atoms with Gasteiger partial charge in [-0.15, -0.1) is 0 Å². The number of benzene rings is 1. The number of halogens is 1. The van der Waals surface area contributed by atoms with E-state index in [2.05, 4.69) is 0 Å². The average molecular weight is 170 g/mol. The lowest BCUT2D eigenvalue weighted by molar-refractivity contribution is 0.123. The van der Waals surface area contributed by atoms with Crippen LogP contribution < -0.4 is 0 Å². The lowest BCUT2D eigenvalue weighted by Gasteiger charge is -2.24. The summed E-state index contributed by atoms with van der Waals surface area (Å²) in [6.07, 6.45) is 0. The van der Waals surface area contributed by atoms with E-state index in [4.69, 9.17) is 5.48 Å². The van der Waals surface area contributed by atoms with Gasteiger partial charge in [0.05, 0.1) is 0 Å². The molecular weight excluding hydrogens is 151 g/mol. The van der Waals surface area contributed by atoms with E-state index < -0.39 is 18.4 Å². The molecule has 0 fully saturated rings. The third-order valence-corrected chi connectivity index (χ3v) is 2.02. The van der Waals surface area contributed by atoms with Crippen LogP contribution in [0.25, 0.3) is 0 Å². The molecule has 0 heterocycles. The van der Waals surface area contributed by atoms with E-state index in [9.17, 15) is 4.39 Å². The average Bonchev–Trinajstić information content (AvgIpc) is 2.17. The van der Waals surface area contributed by atoms with Gasteiger partial charge < -0.3 is 0 Å². The first-order valence-electron chi connectivity index (χ1n) is 5.85. The third-order valence-electron chi connectivity index (χ3n) is 2.02. The van der Waals surface area contributed by atoms with Crippen molar-refractivity contribution in [3.8, 4) is 0 Å². The summed E-state index contributed by atoms with van der Waals surface area (Å²) in [5, 5.41) is 0. The summed E-state index contributed by atoms with van der Waals surface area (Å²) in [4.78, 5) is 0. The summed E-state index contributed by atoms with van der Waals surface area (Å²) < 4.78 is 44.1. The lowest BCUT2D eigenvalue weighted by atomic mass is 9.87. The Morgan fingerprint density at radius 2 is 2.08 bits per heavy atom. The van der Waals surface area contributed by atoms with E-state index in [-0.39, 0.29) is 5.56 Å². The summed E-state index contributed by atoms with van der Waals surface area (Å²) in [7, 11) is 0. The smallest absolute Gasteiger partial charge is 0.135 e. The minimum atomic E-state index is -2.67. The van der Waals surface area contributed by atoms with Crippen molar-refractivity contribution < 1.29 is 9.87 Å². The van der Waals surface area contributed by atoms with Crippen LogP contribution in [0.2, 0.25) is 0 Å². The number of rotatable bonds is 2.